The van der Waals surface area contributed by atoms with Gasteiger partial charge < -0.3 is 14.8 Å². The molecule has 0 atom stereocenters. The van der Waals surface area contributed by atoms with E-state index in [1.165, 1.54) is 12.1 Å². The Bertz CT molecular complexity index is 417. The SMILES string of the molecule is CC1(NC(=O)c2ccc(C(=O)O)o2)CC1. The Morgan fingerprint density at radius 1 is 1.40 bits per heavy atom. The zero-order valence-corrected chi connectivity index (χ0v) is 8.24. The Labute approximate surface area is 86.1 Å². The van der Waals surface area contributed by atoms with Crippen molar-refractivity contribution >= 4 is 11.9 Å². The average molecular weight is 209 g/mol. The summed E-state index contributed by atoms with van der Waals surface area (Å²) in [6, 6.07) is 2.64. The van der Waals surface area contributed by atoms with Crippen LogP contribution in [0.2, 0.25) is 0 Å². The molecule has 1 fully saturated rings. The van der Waals surface area contributed by atoms with E-state index in [-0.39, 0.29) is 23.0 Å². The van der Waals surface area contributed by atoms with Gasteiger partial charge in [-0.15, -0.1) is 0 Å². The molecule has 80 valence electrons. The van der Waals surface area contributed by atoms with Crippen molar-refractivity contribution < 1.29 is 19.1 Å². The lowest BCUT2D eigenvalue weighted by Gasteiger charge is -2.08. The fourth-order valence-electron chi connectivity index (χ4n) is 1.22. The first-order valence-electron chi connectivity index (χ1n) is 4.66. The largest absolute Gasteiger partial charge is 0.475 e. The first kappa shape index (κ1) is 9.76. The lowest BCUT2D eigenvalue weighted by Crippen LogP contribution is -2.33. The van der Waals surface area contributed by atoms with Crippen LogP contribution in [0.25, 0.3) is 0 Å². The lowest BCUT2D eigenvalue weighted by atomic mass is 10.3. The number of hydrogen-bond acceptors (Lipinski definition) is 3. The molecule has 0 radical (unpaired) electrons. The molecular formula is C10H11NO4. The fourth-order valence-corrected chi connectivity index (χ4v) is 1.22. The third kappa shape index (κ3) is 2.01. The molecule has 2 N–H and O–H groups in total. The van der Waals surface area contributed by atoms with E-state index < -0.39 is 5.97 Å². The summed E-state index contributed by atoms with van der Waals surface area (Å²) >= 11 is 0. The number of carbonyl (C=O) groups is 2. The van der Waals surface area contributed by atoms with Crippen molar-refractivity contribution in [3.05, 3.63) is 23.7 Å². The van der Waals surface area contributed by atoms with Crippen LogP contribution in [0.1, 0.15) is 40.9 Å². The highest BCUT2D eigenvalue weighted by Crippen LogP contribution is 2.34. The monoisotopic (exact) mass is 209 g/mol. The summed E-state index contributed by atoms with van der Waals surface area (Å²) in [5, 5.41) is 11.4. The highest BCUT2D eigenvalue weighted by Gasteiger charge is 2.39. The van der Waals surface area contributed by atoms with E-state index in [1.807, 2.05) is 6.92 Å². The van der Waals surface area contributed by atoms with E-state index in [0.717, 1.165) is 12.8 Å². The van der Waals surface area contributed by atoms with Gasteiger partial charge in [0.2, 0.25) is 5.76 Å². The van der Waals surface area contributed by atoms with Crippen LogP contribution < -0.4 is 5.32 Å². The molecule has 1 amide bonds. The van der Waals surface area contributed by atoms with Crippen molar-refractivity contribution in [1.29, 1.82) is 0 Å². The van der Waals surface area contributed by atoms with Gasteiger partial charge in [0.15, 0.2) is 5.76 Å². The minimum absolute atomic E-state index is 0.0422. The van der Waals surface area contributed by atoms with Crippen molar-refractivity contribution in [2.45, 2.75) is 25.3 Å². The summed E-state index contributed by atoms with van der Waals surface area (Å²) in [5.74, 6) is -1.71. The van der Waals surface area contributed by atoms with E-state index in [1.54, 1.807) is 0 Å². The second-order valence-electron chi connectivity index (χ2n) is 3.98. The predicted molar refractivity (Wildman–Crippen MR) is 50.8 cm³/mol. The number of amides is 1. The van der Waals surface area contributed by atoms with Crippen LogP contribution in [0.15, 0.2) is 16.5 Å². The van der Waals surface area contributed by atoms with Gasteiger partial charge in [0.1, 0.15) is 0 Å². The lowest BCUT2D eigenvalue weighted by molar-refractivity contribution is 0.0659. The smallest absolute Gasteiger partial charge is 0.371 e. The zero-order chi connectivity index (χ0) is 11.1. The Morgan fingerprint density at radius 2 is 2.00 bits per heavy atom. The summed E-state index contributed by atoms with van der Waals surface area (Å²) in [6.07, 6.45) is 1.90. The van der Waals surface area contributed by atoms with E-state index in [4.69, 9.17) is 9.52 Å². The number of nitrogens with one attached hydrogen (secondary N) is 1. The second-order valence-corrected chi connectivity index (χ2v) is 3.98. The van der Waals surface area contributed by atoms with Crippen LogP contribution in [-0.2, 0) is 0 Å². The maximum absolute atomic E-state index is 11.5. The van der Waals surface area contributed by atoms with Gasteiger partial charge in [0, 0.05) is 5.54 Å². The fraction of sp³-hybridized carbons (Fsp3) is 0.400. The number of rotatable bonds is 3. The van der Waals surface area contributed by atoms with Gasteiger partial charge >= 0.3 is 5.97 Å². The Morgan fingerprint density at radius 3 is 2.47 bits per heavy atom. The van der Waals surface area contributed by atoms with Crippen LogP contribution in [0.3, 0.4) is 0 Å². The number of hydrogen-bond donors (Lipinski definition) is 2. The third-order valence-electron chi connectivity index (χ3n) is 2.46. The molecule has 0 aromatic carbocycles. The Balaban J connectivity index is 2.08. The van der Waals surface area contributed by atoms with Gasteiger partial charge in [-0.1, -0.05) is 0 Å². The summed E-state index contributed by atoms with van der Waals surface area (Å²) in [7, 11) is 0. The van der Waals surface area contributed by atoms with Crippen LogP contribution in [0, 0.1) is 0 Å². The number of aromatic carboxylic acids is 1. The molecule has 1 aliphatic carbocycles. The molecule has 0 saturated heterocycles. The molecular weight excluding hydrogens is 198 g/mol. The molecule has 2 rings (SSSR count). The third-order valence-corrected chi connectivity index (χ3v) is 2.46. The van der Waals surface area contributed by atoms with Crippen LogP contribution in [0.4, 0.5) is 0 Å². The molecule has 0 aliphatic heterocycles. The molecule has 0 unspecified atom stereocenters. The maximum Gasteiger partial charge on any atom is 0.371 e. The minimum atomic E-state index is -1.17. The predicted octanol–water partition coefficient (Wildman–Crippen LogP) is 1.26. The van der Waals surface area contributed by atoms with Crippen molar-refractivity contribution in [2.75, 3.05) is 0 Å². The van der Waals surface area contributed by atoms with Crippen LogP contribution >= 0.6 is 0 Å². The first-order valence-corrected chi connectivity index (χ1v) is 4.66. The van der Waals surface area contributed by atoms with Crippen molar-refractivity contribution in [1.82, 2.24) is 5.32 Å². The topological polar surface area (TPSA) is 79.5 Å². The number of carbonyl (C=O) groups excluding carboxylic acids is 1. The summed E-state index contributed by atoms with van der Waals surface area (Å²) in [5.41, 5.74) is -0.132. The van der Waals surface area contributed by atoms with Crippen molar-refractivity contribution in [3.8, 4) is 0 Å². The van der Waals surface area contributed by atoms with Crippen LogP contribution in [0.5, 0.6) is 0 Å². The zero-order valence-electron chi connectivity index (χ0n) is 8.24. The maximum atomic E-state index is 11.5. The van der Waals surface area contributed by atoms with Gasteiger partial charge in [-0.25, -0.2) is 4.79 Å². The number of furan rings is 1. The first-order chi connectivity index (χ1) is 7.00. The van der Waals surface area contributed by atoms with Gasteiger partial charge in [0.25, 0.3) is 5.91 Å². The molecule has 0 spiro atoms. The highest BCUT2D eigenvalue weighted by molar-refractivity contribution is 5.94. The molecule has 5 heteroatoms. The Hall–Kier alpha value is -1.78. The van der Waals surface area contributed by atoms with Crippen molar-refractivity contribution in [3.63, 3.8) is 0 Å². The second kappa shape index (κ2) is 3.12. The summed E-state index contributed by atoms with van der Waals surface area (Å²) in [4.78, 5) is 22.0. The minimum Gasteiger partial charge on any atom is -0.475 e. The summed E-state index contributed by atoms with van der Waals surface area (Å²) in [6.45, 7) is 1.94. The van der Waals surface area contributed by atoms with Gasteiger partial charge in [-0.05, 0) is 31.9 Å². The van der Waals surface area contributed by atoms with E-state index in [9.17, 15) is 9.59 Å². The highest BCUT2D eigenvalue weighted by atomic mass is 16.4. The van der Waals surface area contributed by atoms with Crippen molar-refractivity contribution in [2.24, 2.45) is 0 Å². The number of carboxylic acids is 1. The van der Waals surface area contributed by atoms with Crippen LogP contribution in [-0.4, -0.2) is 22.5 Å². The standard InChI is InChI=1S/C10H11NO4/c1-10(4-5-10)11-8(12)6-2-3-7(15-6)9(13)14/h2-3H,4-5H2,1H3,(H,11,12)(H,13,14). The molecule has 1 saturated carbocycles. The molecule has 5 nitrogen and oxygen atoms in total. The quantitative estimate of drug-likeness (QED) is 0.785. The number of carboxylic acid groups (broad SMARTS) is 1. The Kier molecular flexibility index (Phi) is 2.03. The normalized spacial score (nSPS) is 17.1. The summed E-state index contributed by atoms with van der Waals surface area (Å²) < 4.78 is 4.87. The van der Waals surface area contributed by atoms with E-state index in [2.05, 4.69) is 5.32 Å². The van der Waals surface area contributed by atoms with Gasteiger partial charge in [-0.2, -0.15) is 0 Å². The molecule has 0 bridgehead atoms. The molecule has 1 aliphatic rings. The molecule has 1 aromatic rings. The molecule has 1 heterocycles. The molecule has 1 aromatic heterocycles. The molecule has 15 heavy (non-hydrogen) atoms. The van der Waals surface area contributed by atoms with E-state index in [0.29, 0.717) is 0 Å². The average Bonchev–Trinajstić information content (AvgIpc) is 2.70. The van der Waals surface area contributed by atoms with E-state index >= 15 is 0 Å². The van der Waals surface area contributed by atoms with Gasteiger partial charge in [-0.3, -0.25) is 4.79 Å². The van der Waals surface area contributed by atoms with Gasteiger partial charge in [0.05, 0.1) is 0 Å².